The van der Waals surface area contributed by atoms with Crippen molar-refractivity contribution in [2.45, 2.75) is 26.7 Å². The van der Waals surface area contributed by atoms with Gasteiger partial charge in [-0.15, -0.1) is 0 Å². The van der Waals surface area contributed by atoms with Gasteiger partial charge in [-0.25, -0.2) is 0 Å². The summed E-state index contributed by atoms with van der Waals surface area (Å²) in [4.78, 5) is 4.54. The minimum atomic E-state index is 0.364. The first-order valence-electron chi connectivity index (χ1n) is 5.26. The maximum Gasteiger partial charge on any atom is 0.0906 e. The second kappa shape index (κ2) is 4.23. The summed E-state index contributed by atoms with van der Waals surface area (Å²) in [7, 11) is 0. The van der Waals surface area contributed by atoms with Crippen LogP contribution in [0.4, 0.5) is 0 Å². The fourth-order valence-corrected chi connectivity index (χ4v) is 2.73. The lowest BCUT2D eigenvalue weighted by atomic mass is 9.99. The highest BCUT2D eigenvalue weighted by molar-refractivity contribution is 6.39. The average molecular weight is 254 g/mol. The second-order valence-corrected chi connectivity index (χ2v) is 5.00. The zero-order chi connectivity index (χ0) is 11.9. The molecule has 0 aliphatic rings. The summed E-state index contributed by atoms with van der Waals surface area (Å²) in [6.07, 6.45) is 0. The predicted molar refractivity (Wildman–Crippen MR) is 70.6 cm³/mol. The van der Waals surface area contributed by atoms with Crippen LogP contribution in [0.5, 0.6) is 0 Å². The average Bonchev–Trinajstić information content (AvgIpc) is 2.19. The lowest BCUT2D eigenvalue weighted by Crippen LogP contribution is -1.98. The van der Waals surface area contributed by atoms with Gasteiger partial charge < -0.3 is 0 Å². The zero-order valence-corrected chi connectivity index (χ0v) is 11.0. The minimum absolute atomic E-state index is 0.364. The largest absolute Gasteiger partial charge is 0.251 e. The standard InChI is InChI=1S/C13H13Cl2N/c1-7(2)11-8(3)16-13-9(12(11)15)5-4-6-10(13)14/h4-7H,1-3H3. The van der Waals surface area contributed by atoms with Crippen LogP contribution >= 0.6 is 23.2 Å². The van der Waals surface area contributed by atoms with Crippen molar-refractivity contribution in [2.75, 3.05) is 0 Å². The SMILES string of the molecule is Cc1nc2c(Cl)cccc2c(Cl)c1C(C)C. The molecule has 0 atom stereocenters. The van der Waals surface area contributed by atoms with Crippen molar-refractivity contribution in [2.24, 2.45) is 0 Å². The smallest absolute Gasteiger partial charge is 0.0906 e. The number of halogens is 2. The third-order valence-electron chi connectivity index (χ3n) is 2.71. The van der Waals surface area contributed by atoms with Crippen molar-refractivity contribution in [3.05, 3.63) is 39.5 Å². The van der Waals surface area contributed by atoms with Crippen LogP contribution in [-0.4, -0.2) is 4.98 Å². The third-order valence-corrected chi connectivity index (χ3v) is 3.42. The Balaban J connectivity index is 2.89. The van der Waals surface area contributed by atoms with Crippen molar-refractivity contribution in [3.8, 4) is 0 Å². The molecule has 2 rings (SSSR count). The summed E-state index contributed by atoms with van der Waals surface area (Å²) in [5.74, 6) is 0.364. The number of nitrogens with zero attached hydrogens (tertiary/aromatic N) is 1. The molecule has 0 aliphatic heterocycles. The molecule has 3 heteroatoms. The monoisotopic (exact) mass is 253 g/mol. The maximum atomic E-state index is 6.42. The van der Waals surface area contributed by atoms with E-state index in [-0.39, 0.29) is 0 Å². The Kier molecular flexibility index (Phi) is 3.09. The molecule has 0 saturated heterocycles. The molecule has 1 heterocycles. The van der Waals surface area contributed by atoms with E-state index in [1.54, 1.807) is 0 Å². The molecule has 16 heavy (non-hydrogen) atoms. The summed E-state index contributed by atoms with van der Waals surface area (Å²) in [5.41, 5.74) is 2.85. The van der Waals surface area contributed by atoms with E-state index in [0.717, 1.165) is 27.2 Å². The molecule has 0 unspecified atom stereocenters. The molecule has 84 valence electrons. The molecule has 1 aromatic carbocycles. The molecule has 2 aromatic rings. The van der Waals surface area contributed by atoms with Gasteiger partial charge in [0.15, 0.2) is 0 Å². The van der Waals surface area contributed by atoms with Gasteiger partial charge in [-0.05, 0) is 24.5 Å². The molecule has 0 aliphatic carbocycles. The van der Waals surface area contributed by atoms with Crippen molar-refractivity contribution in [3.63, 3.8) is 0 Å². The van der Waals surface area contributed by atoms with Gasteiger partial charge >= 0.3 is 0 Å². The van der Waals surface area contributed by atoms with Crippen LogP contribution in [0.25, 0.3) is 10.9 Å². The van der Waals surface area contributed by atoms with E-state index in [1.807, 2.05) is 25.1 Å². The van der Waals surface area contributed by atoms with Crippen LogP contribution in [0.3, 0.4) is 0 Å². The van der Waals surface area contributed by atoms with Gasteiger partial charge in [0.25, 0.3) is 0 Å². The van der Waals surface area contributed by atoms with Crippen molar-refractivity contribution >= 4 is 34.1 Å². The van der Waals surface area contributed by atoms with Crippen LogP contribution < -0.4 is 0 Å². The number of aromatic nitrogens is 1. The van der Waals surface area contributed by atoms with Crippen LogP contribution in [0, 0.1) is 6.92 Å². The molecule has 0 saturated carbocycles. The zero-order valence-electron chi connectivity index (χ0n) is 9.51. The molecule has 1 aromatic heterocycles. The van der Waals surface area contributed by atoms with E-state index in [0.29, 0.717) is 10.9 Å². The topological polar surface area (TPSA) is 12.9 Å². The quantitative estimate of drug-likeness (QED) is 0.699. The van der Waals surface area contributed by atoms with Gasteiger partial charge in [0.1, 0.15) is 0 Å². The van der Waals surface area contributed by atoms with E-state index < -0.39 is 0 Å². The van der Waals surface area contributed by atoms with Gasteiger partial charge in [0.2, 0.25) is 0 Å². The minimum Gasteiger partial charge on any atom is -0.251 e. The molecule has 0 bridgehead atoms. The third kappa shape index (κ3) is 1.79. The Morgan fingerprint density at radius 1 is 1.19 bits per heavy atom. The first-order valence-corrected chi connectivity index (χ1v) is 6.02. The number of pyridine rings is 1. The predicted octanol–water partition coefficient (Wildman–Crippen LogP) is 4.97. The summed E-state index contributed by atoms with van der Waals surface area (Å²) < 4.78 is 0. The fraction of sp³-hybridized carbons (Fsp3) is 0.308. The van der Waals surface area contributed by atoms with Crippen LogP contribution in [0.15, 0.2) is 18.2 Å². The summed E-state index contributed by atoms with van der Waals surface area (Å²) in [5, 5.41) is 2.36. The Labute approximate surface area is 105 Å². The normalized spacial score (nSPS) is 11.4. The number of fused-ring (bicyclic) bond motifs is 1. The van der Waals surface area contributed by atoms with Gasteiger partial charge in [0.05, 0.1) is 15.6 Å². The fourth-order valence-electron chi connectivity index (χ4n) is 2.01. The molecular formula is C13H13Cl2N. The van der Waals surface area contributed by atoms with E-state index in [1.165, 1.54) is 0 Å². The molecule has 0 fully saturated rings. The molecule has 0 amide bonds. The molecule has 1 nitrogen and oxygen atoms in total. The van der Waals surface area contributed by atoms with Gasteiger partial charge in [-0.1, -0.05) is 49.2 Å². The van der Waals surface area contributed by atoms with Crippen LogP contribution in [0.1, 0.15) is 31.0 Å². The highest BCUT2D eigenvalue weighted by atomic mass is 35.5. The highest BCUT2D eigenvalue weighted by Gasteiger charge is 2.14. The molecular weight excluding hydrogens is 241 g/mol. The number of hydrogen-bond donors (Lipinski definition) is 0. The molecule has 0 N–H and O–H groups in total. The number of benzene rings is 1. The van der Waals surface area contributed by atoms with Gasteiger partial charge in [0, 0.05) is 11.1 Å². The Bertz CT molecular complexity index is 547. The summed E-state index contributed by atoms with van der Waals surface area (Å²) >= 11 is 12.5. The second-order valence-electron chi connectivity index (χ2n) is 4.22. The van der Waals surface area contributed by atoms with Crippen LogP contribution in [-0.2, 0) is 0 Å². The Morgan fingerprint density at radius 2 is 1.88 bits per heavy atom. The number of para-hydroxylation sites is 1. The summed E-state index contributed by atoms with van der Waals surface area (Å²) in [6, 6.07) is 5.70. The first kappa shape index (κ1) is 11.7. The lowest BCUT2D eigenvalue weighted by molar-refractivity contribution is 0.848. The number of hydrogen-bond acceptors (Lipinski definition) is 1. The lowest BCUT2D eigenvalue weighted by Gasteiger charge is -2.14. The number of aryl methyl sites for hydroxylation is 1. The highest BCUT2D eigenvalue weighted by Crippen LogP contribution is 2.35. The van der Waals surface area contributed by atoms with Crippen molar-refractivity contribution in [1.29, 1.82) is 0 Å². The van der Waals surface area contributed by atoms with E-state index >= 15 is 0 Å². The Hall–Kier alpha value is -0.790. The molecule has 0 radical (unpaired) electrons. The maximum absolute atomic E-state index is 6.42. The number of rotatable bonds is 1. The Morgan fingerprint density at radius 3 is 2.50 bits per heavy atom. The first-order chi connectivity index (χ1) is 7.52. The van der Waals surface area contributed by atoms with E-state index in [4.69, 9.17) is 23.2 Å². The van der Waals surface area contributed by atoms with Crippen LogP contribution in [0.2, 0.25) is 10.0 Å². The van der Waals surface area contributed by atoms with Crippen molar-refractivity contribution < 1.29 is 0 Å². The van der Waals surface area contributed by atoms with E-state index in [2.05, 4.69) is 18.8 Å². The van der Waals surface area contributed by atoms with E-state index in [9.17, 15) is 0 Å². The van der Waals surface area contributed by atoms with Gasteiger partial charge in [-0.2, -0.15) is 0 Å². The van der Waals surface area contributed by atoms with Crippen molar-refractivity contribution in [1.82, 2.24) is 4.98 Å². The van der Waals surface area contributed by atoms with Gasteiger partial charge in [-0.3, -0.25) is 4.98 Å². The molecule has 0 spiro atoms. The summed E-state index contributed by atoms with van der Waals surface area (Å²) in [6.45, 7) is 6.21.